The highest BCUT2D eigenvalue weighted by molar-refractivity contribution is 5.85. The first kappa shape index (κ1) is 10.1. The molecule has 0 aromatic rings. The maximum atomic E-state index is 2.18. The Balaban J connectivity index is 0. The minimum atomic E-state index is 0. The molecule has 0 heterocycles. The quantitative estimate of drug-likeness (QED) is 0.492. The number of rotatable bonds is 2. The first-order valence-electron chi connectivity index (χ1n) is 2.56. The Hall–Kier alpha value is 0.0300. The summed E-state index contributed by atoms with van der Waals surface area (Å²) < 4.78 is 0. The summed E-state index contributed by atoms with van der Waals surface area (Å²) in [5.41, 5.74) is 0. The van der Waals surface area contributed by atoms with Crippen LogP contribution in [0.15, 0.2) is 12.2 Å². The zero-order chi connectivity index (χ0) is 4.83. The molecule has 7 heavy (non-hydrogen) atoms. The van der Waals surface area contributed by atoms with Crippen LogP contribution in [-0.4, -0.2) is 0 Å². The van der Waals surface area contributed by atoms with Gasteiger partial charge in [-0.2, -0.15) is 0 Å². The molecule has 0 bridgehead atoms. The summed E-state index contributed by atoms with van der Waals surface area (Å²) in [5.74, 6) is 0. The highest BCUT2D eigenvalue weighted by atomic mass is 35.5. The second-order valence-corrected chi connectivity index (χ2v) is 1.29. The van der Waals surface area contributed by atoms with E-state index in [-0.39, 0.29) is 12.4 Å². The van der Waals surface area contributed by atoms with Gasteiger partial charge in [0, 0.05) is 0 Å². The van der Waals surface area contributed by atoms with Gasteiger partial charge in [0.1, 0.15) is 0 Å². The molecule has 0 aromatic carbocycles. The van der Waals surface area contributed by atoms with Crippen LogP contribution in [0.4, 0.5) is 0 Å². The first-order chi connectivity index (χ1) is 2.91. The molecule has 0 saturated carbocycles. The van der Waals surface area contributed by atoms with Crippen LogP contribution in [0.25, 0.3) is 0 Å². The van der Waals surface area contributed by atoms with Crippen LogP contribution in [-0.2, 0) is 0 Å². The fraction of sp³-hybridized carbons (Fsp3) is 0.667. The second-order valence-electron chi connectivity index (χ2n) is 1.29. The molecule has 0 unspecified atom stereocenters. The van der Waals surface area contributed by atoms with Crippen LogP contribution < -0.4 is 0 Å². The third kappa shape index (κ3) is 10.7. The first-order valence-corrected chi connectivity index (χ1v) is 2.56. The van der Waals surface area contributed by atoms with Crippen molar-refractivity contribution < 1.29 is 0 Å². The van der Waals surface area contributed by atoms with Crippen LogP contribution >= 0.6 is 12.4 Å². The molecule has 0 spiro atoms. The number of allylic oxidation sites excluding steroid dienone is 2. The van der Waals surface area contributed by atoms with Gasteiger partial charge in [-0.05, 0) is 12.8 Å². The fourth-order valence-electron chi connectivity index (χ4n) is 0.333. The van der Waals surface area contributed by atoms with Gasteiger partial charge < -0.3 is 0 Å². The van der Waals surface area contributed by atoms with E-state index in [1.807, 2.05) is 0 Å². The largest absolute Gasteiger partial charge is 0.147 e. The molecule has 1 heteroatoms. The molecule has 0 atom stereocenters. The Morgan fingerprint density at radius 3 is 1.43 bits per heavy atom. The van der Waals surface area contributed by atoms with E-state index in [4.69, 9.17) is 0 Å². The summed E-state index contributed by atoms with van der Waals surface area (Å²) in [7, 11) is 0. The Morgan fingerprint density at radius 1 is 1.00 bits per heavy atom. The van der Waals surface area contributed by atoms with Crippen molar-refractivity contribution in [2.45, 2.75) is 26.7 Å². The molecule has 0 amide bonds. The maximum absolute atomic E-state index is 2.18. The van der Waals surface area contributed by atoms with E-state index in [1.54, 1.807) is 0 Å². The lowest BCUT2D eigenvalue weighted by atomic mass is 10.4. The molecule has 0 fully saturated rings. The third-order valence-electron chi connectivity index (χ3n) is 0.638. The maximum Gasteiger partial charge on any atom is -0.0379 e. The molecule has 0 aliphatic carbocycles. The molecule has 44 valence electrons. The van der Waals surface area contributed by atoms with E-state index in [2.05, 4.69) is 26.0 Å². The SMILES string of the molecule is CCC=CCC.Cl. The van der Waals surface area contributed by atoms with Crippen LogP contribution in [0.2, 0.25) is 0 Å². The molecule has 0 nitrogen and oxygen atoms in total. The van der Waals surface area contributed by atoms with Crippen LogP contribution in [0.3, 0.4) is 0 Å². The second kappa shape index (κ2) is 9.39. The highest BCUT2D eigenvalue weighted by Gasteiger charge is 1.60. The van der Waals surface area contributed by atoms with E-state index in [0.29, 0.717) is 0 Å². The standard InChI is InChI=1S/C6H12.ClH/c1-3-5-6-4-2;/h5-6H,3-4H2,1-2H3;1H. The van der Waals surface area contributed by atoms with Crippen molar-refractivity contribution in [3.05, 3.63) is 12.2 Å². The molecule has 0 aliphatic rings. The zero-order valence-electron chi connectivity index (χ0n) is 4.98. The van der Waals surface area contributed by atoms with Crippen molar-refractivity contribution in [3.8, 4) is 0 Å². The van der Waals surface area contributed by atoms with Gasteiger partial charge in [-0.25, -0.2) is 0 Å². The van der Waals surface area contributed by atoms with E-state index in [0.717, 1.165) is 0 Å². The van der Waals surface area contributed by atoms with E-state index >= 15 is 0 Å². The summed E-state index contributed by atoms with van der Waals surface area (Å²) in [6.07, 6.45) is 6.71. The number of hydrogen-bond donors (Lipinski definition) is 0. The molecule has 0 aromatic heterocycles. The lowest BCUT2D eigenvalue weighted by Gasteiger charge is -1.72. The van der Waals surface area contributed by atoms with Gasteiger partial charge >= 0.3 is 0 Å². The summed E-state index contributed by atoms with van der Waals surface area (Å²) in [5, 5.41) is 0. The van der Waals surface area contributed by atoms with E-state index < -0.39 is 0 Å². The van der Waals surface area contributed by atoms with Crippen LogP contribution in [0.5, 0.6) is 0 Å². The molecule has 0 saturated heterocycles. The Morgan fingerprint density at radius 2 is 1.29 bits per heavy atom. The van der Waals surface area contributed by atoms with Gasteiger partial charge in [-0.1, -0.05) is 26.0 Å². The van der Waals surface area contributed by atoms with Gasteiger partial charge in [0.15, 0.2) is 0 Å². The Labute approximate surface area is 52.0 Å². The van der Waals surface area contributed by atoms with Gasteiger partial charge in [0.05, 0.1) is 0 Å². The van der Waals surface area contributed by atoms with Gasteiger partial charge in [-0.15, -0.1) is 12.4 Å². The van der Waals surface area contributed by atoms with E-state index in [9.17, 15) is 0 Å². The van der Waals surface area contributed by atoms with Crippen molar-refractivity contribution in [1.29, 1.82) is 0 Å². The predicted octanol–water partition coefficient (Wildman–Crippen LogP) is 2.78. The van der Waals surface area contributed by atoms with Gasteiger partial charge in [0.25, 0.3) is 0 Å². The average molecular weight is 121 g/mol. The molecular weight excluding hydrogens is 108 g/mol. The van der Waals surface area contributed by atoms with Gasteiger partial charge in [0.2, 0.25) is 0 Å². The highest BCUT2D eigenvalue weighted by Crippen LogP contribution is 1.81. The summed E-state index contributed by atoms with van der Waals surface area (Å²) in [6, 6.07) is 0. The lowest BCUT2D eigenvalue weighted by molar-refractivity contribution is 1.16. The molecule has 0 rings (SSSR count). The van der Waals surface area contributed by atoms with Crippen molar-refractivity contribution in [2.24, 2.45) is 0 Å². The van der Waals surface area contributed by atoms with Crippen molar-refractivity contribution >= 4 is 12.4 Å². The minimum Gasteiger partial charge on any atom is -0.147 e. The Bertz CT molecular complexity index is 33.4. The Kier molecular flexibility index (Phi) is 13.6. The summed E-state index contributed by atoms with van der Waals surface area (Å²) in [6.45, 7) is 4.29. The smallest absolute Gasteiger partial charge is 0.0379 e. The summed E-state index contributed by atoms with van der Waals surface area (Å²) in [4.78, 5) is 0. The molecule has 0 N–H and O–H groups in total. The molecular formula is C6H13Cl. The predicted molar refractivity (Wildman–Crippen MR) is 37.0 cm³/mol. The number of hydrogen-bond acceptors (Lipinski definition) is 0. The average Bonchev–Trinajstić information content (AvgIpc) is 1.61. The van der Waals surface area contributed by atoms with Crippen LogP contribution in [0, 0.1) is 0 Å². The lowest BCUT2D eigenvalue weighted by Crippen LogP contribution is -1.51. The van der Waals surface area contributed by atoms with Crippen molar-refractivity contribution in [3.63, 3.8) is 0 Å². The zero-order valence-corrected chi connectivity index (χ0v) is 5.79. The van der Waals surface area contributed by atoms with Crippen LogP contribution in [0.1, 0.15) is 26.7 Å². The van der Waals surface area contributed by atoms with Crippen molar-refractivity contribution in [2.75, 3.05) is 0 Å². The molecule has 0 radical (unpaired) electrons. The van der Waals surface area contributed by atoms with E-state index in [1.165, 1.54) is 12.8 Å². The monoisotopic (exact) mass is 120 g/mol. The summed E-state index contributed by atoms with van der Waals surface area (Å²) >= 11 is 0. The van der Waals surface area contributed by atoms with Gasteiger partial charge in [-0.3, -0.25) is 0 Å². The fourth-order valence-corrected chi connectivity index (χ4v) is 0.333. The van der Waals surface area contributed by atoms with Crippen molar-refractivity contribution in [1.82, 2.24) is 0 Å². The third-order valence-corrected chi connectivity index (χ3v) is 0.638. The normalized spacial score (nSPS) is 8.86. The topological polar surface area (TPSA) is 0 Å². The number of halogens is 1. The minimum absolute atomic E-state index is 0. The molecule has 0 aliphatic heterocycles.